The summed E-state index contributed by atoms with van der Waals surface area (Å²) in [6.07, 6.45) is 2.86. The SMILES string of the molecule is O=Cc1ccc2c(n1)CCCN2. The molecule has 1 aliphatic rings. The van der Waals surface area contributed by atoms with Gasteiger partial charge in [-0.1, -0.05) is 0 Å². The first-order valence-corrected chi connectivity index (χ1v) is 4.09. The number of aromatic nitrogens is 1. The molecule has 62 valence electrons. The molecule has 0 saturated heterocycles. The molecule has 0 amide bonds. The first-order chi connectivity index (χ1) is 5.90. The molecule has 3 nitrogen and oxygen atoms in total. The summed E-state index contributed by atoms with van der Waals surface area (Å²) in [5, 5.41) is 3.24. The van der Waals surface area contributed by atoms with Crippen LogP contribution in [0.3, 0.4) is 0 Å². The van der Waals surface area contributed by atoms with Crippen LogP contribution in [0.5, 0.6) is 0 Å². The van der Waals surface area contributed by atoms with E-state index in [1.165, 1.54) is 0 Å². The van der Waals surface area contributed by atoms with E-state index in [2.05, 4.69) is 10.3 Å². The lowest BCUT2D eigenvalue weighted by Gasteiger charge is -2.16. The van der Waals surface area contributed by atoms with Crippen molar-refractivity contribution >= 4 is 12.0 Å². The summed E-state index contributed by atoms with van der Waals surface area (Å²) in [5.41, 5.74) is 2.62. The lowest BCUT2D eigenvalue weighted by Crippen LogP contribution is -2.13. The smallest absolute Gasteiger partial charge is 0.168 e. The molecular formula is C9H10N2O. The topological polar surface area (TPSA) is 42.0 Å². The van der Waals surface area contributed by atoms with E-state index in [0.717, 1.165) is 37.1 Å². The summed E-state index contributed by atoms with van der Waals surface area (Å²) >= 11 is 0. The predicted octanol–water partition coefficient (Wildman–Crippen LogP) is 1.25. The van der Waals surface area contributed by atoms with Crippen LogP contribution in [0.25, 0.3) is 0 Å². The van der Waals surface area contributed by atoms with Crippen LogP contribution < -0.4 is 5.32 Å². The molecule has 2 rings (SSSR count). The minimum atomic E-state index is 0.525. The maximum atomic E-state index is 10.4. The van der Waals surface area contributed by atoms with Crippen molar-refractivity contribution in [3.05, 3.63) is 23.5 Å². The molecule has 1 aromatic rings. The predicted molar refractivity (Wildman–Crippen MR) is 46.4 cm³/mol. The molecule has 0 bridgehead atoms. The number of aryl methyl sites for hydroxylation is 1. The Morgan fingerprint density at radius 2 is 2.42 bits per heavy atom. The van der Waals surface area contributed by atoms with Gasteiger partial charge < -0.3 is 5.32 Å². The number of rotatable bonds is 1. The van der Waals surface area contributed by atoms with E-state index in [1.807, 2.05) is 6.07 Å². The Kier molecular flexibility index (Phi) is 1.78. The van der Waals surface area contributed by atoms with E-state index in [1.54, 1.807) is 6.07 Å². The Morgan fingerprint density at radius 1 is 1.50 bits per heavy atom. The van der Waals surface area contributed by atoms with Gasteiger partial charge in [0, 0.05) is 6.54 Å². The van der Waals surface area contributed by atoms with Crippen LogP contribution in [-0.4, -0.2) is 17.8 Å². The molecule has 0 atom stereocenters. The molecule has 0 spiro atoms. The summed E-state index contributed by atoms with van der Waals surface area (Å²) < 4.78 is 0. The fraction of sp³-hybridized carbons (Fsp3) is 0.333. The van der Waals surface area contributed by atoms with Crippen LogP contribution in [0, 0.1) is 0 Å². The normalized spacial score (nSPS) is 14.7. The second-order valence-corrected chi connectivity index (χ2v) is 2.88. The van der Waals surface area contributed by atoms with E-state index in [4.69, 9.17) is 0 Å². The number of hydrogen-bond acceptors (Lipinski definition) is 3. The van der Waals surface area contributed by atoms with Crippen LogP contribution in [0.4, 0.5) is 5.69 Å². The Labute approximate surface area is 70.8 Å². The number of pyridine rings is 1. The number of aldehydes is 1. The fourth-order valence-corrected chi connectivity index (χ4v) is 1.41. The third-order valence-electron chi connectivity index (χ3n) is 2.02. The largest absolute Gasteiger partial charge is 0.384 e. The van der Waals surface area contributed by atoms with Crippen molar-refractivity contribution in [3.8, 4) is 0 Å². The van der Waals surface area contributed by atoms with Gasteiger partial charge in [0.25, 0.3) is 0 Å². The van der Waals surface area contributed by atoms with Gasteiger partial charge in [-0.3, -0.25) is 4.79 Å². The quantitative estimate of drug-likeness (QED) is 0.632. The standard InChI is InChI=1S/C9H10N2O/c12-6-7-3-4-8-9(11-7)2-1-5-10-8/h3-4,6,10H,1-2,5H2. The minimum Gasteiger partial charge on any atom is -0.384 e. The highest BCUT2D eigenvalue weighted by molar-refractivity contribution is 5.73. The number of fused-ring (bicyclic) bond motifs is 1. The summed E-state index contributed by atoms with van der Waals surface area (Å²) in [7, 11) is 0. The van der Waals surface area contributed by atoms with Crippen LogP contribution >= 0.6 is 0 Å². The molecule has 0 unspecified atom stereocenters. The first-order valence-electron chi connectivity index (χ1n) is 4.09. The average Bonchev–Trinajstić information content (AvgIpc) is 2.17. The van der Waals surface area contributed by atoms with E-state index in [9.17, 15) is 4.79 Å². The average molecular weight is 162 g/mol. The Balaban J connectivity index is 2.42. The Bertz CT molecular complexity index is 309. The maximum absolute atomic E-state index is 10.4. The summed E-state index contributed by atoms with van der Waals surface area (Å²) in [6, 6.07) is 3.66. The van der Waals surface area contributed by atoms with Gasteiger partial charge >= 0.3 is 0 Å². The van der Waals surface area contributed by atoms with E-state index < -0.39 is 0 Å². The maximum Gasteiger partial charge on any atom is 0.168 e. The fourth-order valence-electron chi connectivity index (χ4n) is 1.41. The molecule has 3 heteroatoms. The molecule has 1 N–H and O–H groups in total. The first kappa shape index (κ1) is 7.28. The highest BCUT2D eigenvalue weighted by Gasteiger charge is 2.09. The molecule has 1 aliphatic heterocycles. The lowest BCUT2D eigenvalue weighted by molar-refractivity contribution is 0.111. The van der Waals surface area contributed by atoms with Gasteiger partial charge in [0.1, 0.15) is 5.69 Å². The number of nitrogens with zero attached hydrogens (tertiary/aromatic N) is 1. The third-order valence-corrected chi connectivity index (χ3v) is 2.02. The number of hydrogen-bond donors (Lipinski definition) is 1. The van der Waals surface area contributed by atoms with Gasteiger partial charge in [-0.25, -0.2) is 4.98 Å². The van der Waals surface area contributed by atoms with Crippen LogP contribution in [0.15, 0.2) is 12.1 Å². The second kappa shape index (κ2) is 2.93. The van der Waals surface area contributed by atoms with Gasteiger partial charge in [0.15, 0.2) is 6.29 Å². The molecule has 1 aromatic heterocycles. The number of carbonyl (C=O) groups is 1. The van der Waals surface area contributed by atoms with E-state index in [0.29, 0.717) is 5.69 Å². The van der Waals surface area contributed by atoms with E-state index in [-0.39, 0.29) is 0 Å². The zero-order chi connectivity index (χ0) is 8.39. The molecule has 0 fully saturated rings. The van der Waals surface area contributed by atoms with Crippen molar-refractivity contribution in [1.29, 1.82) is 0 Å². The number of nitrogens with one attached hydrogen (secondary N) is 1. The van der Waals surface area contributed by atoms with Crippen molar-refractivity contribution < 1.29 is 4.79 Å². The van der Waals surface area contributed by atoms with Crippen molar-refractivity contribution in [3.63, 3.8) is 0 Å². The molecule has 0 aliphatic carbocycles. The third kappa shape index (κ3) is 1.18. The van der Waals surface area contributed by atoms with Gasteiger partial charge in [0.05, 0.1) is 11.4 Å². The Hall–Kier alpha value is -1.38. The second-order valence-electron chi connectivity index (χ2n) is 2.88. The lowest BCUT2D eigenvalue weighted by atomic mass is 10.1. The van der Waals surface area contributed by atoms with Crippen LogP contribution in [0.2, 0.25) is 0 Å². The van der Waals surface area contributed by atoms with Gasteiger partial charge in [-0.2, -0.15) is 0 Å². The summed E-state index contributed by atoms with van der Waals surface area (Å²) in [5.74, 6) is 0. The molecule has 0 radical (unpaired) electrons. The van der Waals surface area contributed by atoms with Gasteiger partial charge in [-0.15, -0.1) is 0 Å². The molecule has 2 heterocycles. The monoisotopic (exact) mass is 162 g/mol. The zero-order valence-corrected chi connectivity index (χ0v) is 6.71. The van der Waals surface area contributed by atoms with Crippen LogP contribution in [-0.2, 0) is 6.42 Å². The minimum absolute atomic E-state index is 0.525. The van der Waals surface area contributed by atoms with Gasteiger partial charge in [-0.05, 0) is 25.0 Å². The summed E-state index contributed by atoms with van der Waals surface area (Å²) in [6.45, 7) is 1.01. The van der Waals surface area contributed by atoms with Crippen molar-refractivity contribution in [2.75, 3.05) is 11.9 Å². The highest BCUT2D eigenvalue weighted by Crippen LogP contribution is 2.19. The van der Waals surface area contributed by atoms with E-state index >= 15 is 0 Å². The molecule has 0 saturated carbocycles. The van der Waals surface area contributed by atoms with Crippen LogP contribution in [0.1, 0.15) is 22.6 Å². The molecule has 12 heavy (non-hydrogen) atoms. The molecule has 0 aromatic carbocycles. The summed E-state index contributed by atoms with van der Waals surface area (Å²) in [4.78, 5) is 14.6. The molecular weight excluding hydrogens is 152 g/mol. The van der Waals surface area contributed by atoms with Gasteiger partial charge in [0.2, 0.25) is 0 Å². The van der Waals surface area contributed by atoms with Crippen molar-refractivity contribution in [2.24, 2.45) is 0 Å². The number of carbonyl (C=O) groups excluding carboxylic acids is 1. The Morgan fingerprint density at radius 3 is 3.25 bits per heavy atom. The zero-order valence-electron chi connectivity index (χ0n) is 6.71. The number of anilines is 1. The van der Waals surface area contributed by atoms with Crippen molar-refractivity contribution in [1.82, 2.24) is 4.98 Å². The van der Waals surface area contributed by atoms with Crippen molar-refractivity contribution in [2.45, 2.75) is 12.8 Å². The highest BCUT2D eigenvalue weighted by atomic mass is 16.1.